The Hall–Kier alpha value is -5.12. The molecule has 2 aliphatic carbocycles. The summed E-state index contributed by atoms with van der Waals surface area (Å²) in [5.74, 6) is 1.89. The molecule has 1 aliphatic heterocycles. The van der Waals surface area contributed by atoms with Crippen molar-refractivity contribution < 1.29 is 59.2 Å². The van der Waals surface area contributed by atoms with Crippen molar-refractivity contribution in [3.8, 4) is 35.8 Å². The molecule has 3 atom stereocenters. The van der Waals surface area contributed by atoms with E-state index >= 15 is 0 Å². The third-order valence-corrected chi connectivity index (χ3v) is 17.3. The molecule has 0 spiro atoms. The van der Waals surface area contributed by atoms with E-state index in [9.17, 15) is 24.4 Å². The third-order valence-electron chi connectivity index (χ3n) is 14.8. The molecule has 16 heteroatoms. The van der Waals surface area contributed by atoms with Gasteiger partial charge in [0.1, 0.15) is 24.4 Å². The number of hydrogen-bond donors (Lipinski definition) is 6. The highest BCUT2D eigenvalue weighted by atomic mass is 35.5. The van der Waals surface area contributed by atoms with E-state index in [1.165, 1.54) is 39.8 Å². The number of rotatable bonds is 14. The maximum atomic E-state index is 13.3. The fourth-order valence-corrected chi connectivity index (χ4v) is 13.0. The first-order valence-electron chi connectivity index (χ1n) is 26.5. The van der Waals surface area contributed by atoms with Gasteiger partial charge in [0.2, 0.25) is 0 Å². The molecule has 6 aromatic carbocycles. The zero-order valence-corrected chi connectivity index (χ0v) is 49.0. The van der Waals surface area contributed by atoms with E-state index in [4.69, 9.17) is 58.0 Å². The molecule has 0 saturated carbocycles. The Morgan fingerprint density at radius 3 is 1.69 bits per heavy atom. The number of halogens is 2. The molecular weight excluding hydrogens is 1070 g/mol. The van der Waals surface area contributed by atoms with Crippen molar-refractivity contribution in [2.24, 2.45) is 0 Å². The number of aliphatic hydroxyl groups excluding tert-OH is 2. The Bertz CT molecular complexity index is 3210. The molecule has 0 aromatic heterocycles. The number of phenols is 2. The van der Waals surface area contributed by atoms with Gasteiger partial charge in [-0.3, -0.25) is 13.7 Å². The van der Waals surface area contributed by atoms with Gasteiger partial charge in [-0.2, -0.15) is 0 Å². The van der Waals surface area contributed by atoms with Crippen LogP contribution in [0.3, 0.4) is 0 Å². The second kappa shape index (κ2) is 26.4. The predicted molar refractivity (Wildman–Crippen MR) is 311 cm³/mol. The van der Waals surface area contributed by atoms with Gasteiger partial charge in [-0.05, 0) is 204 Å². The van der Waals surface area contributed by atoms with Crippen molar-refractivity contribution in [2.45, 2.75) is 130 Å². The van der Waals surface area contributed by atoms with Gasteiger partial charge < -0.3 is 44.2 Å². The van der Waals surface area contributed by atoms with Crippen LogP contribution in [0.5, 0.6) is 23.0 Å². The number of phenolic OH excluding ortho intramolecular Hbond substituents is 2. The molecule has 3 unspecified atom stereocenters. The van der Waals surface area contributed by atoms with Crippen LogP contribution in [0.1, 0.15) is 145 Å². The zero-order valence-electron chi connectivity index (χ0n) is 46.7. The summed E-state index contributed by atoms with van der Waals surface area (Å²) in [5, 5.41) is 40.1. The number of benzene rings is 6. The van der Waals surface area contributed by atoms with Gasteiger partial charge in [-0.1, -0.05) is 87.3 Å². The first kappa shape index (κ1) is 60.5. The fourth-order valence-electron chi connectivity index (χ4n) is 10.8. The topological polar surface area (TPSA) is 192 Å². The summed E-state index contributed by atoms with van der Waals surface area (Å²) in [5.41, 5.74) is 15.5. The molecule has 0 amide bonds. The van der Waals surface area contributed by atoms with Gasteiger partial charge in [-0.15, -0.1) is 12.8 Å². The van der Waals surface area contributed by atoms with E-state index in [1.54, 1.807) is 36.4 Å². The van der Waals surface area contributed by atoms with Gasteiger partial charge in [-0.25, -0.2) is 0 Å². The van der Waals surface area contributed by atoms with Crippen molar-refractivity contribution in [3.05, 3.63) is 185 Å². The average molecular weight is 1150 g/mol. The SMILES string of the molecule is Cc1cc(OCP(=O)(O)O)cc(C)c1Cc1ccc(O)c2c1CCC2(C)C.Cc1cc(OCP2(=O)OCCC(c3cccc(Cl)c3)O2)cc(C)c1Cc1ccc(O)c2c1CCC2(C)C.OCCC(O)c1cccc(Cl)c1.[2H]C#C. The lowest BCUT2D eigenvalue weighted by Gasteiger charge is -2.30. The second-order valence-corrected chi connectivity index (χ2v) is 26.0. The molecule has 9 rings (SSSR count). The van der Waals surface area contributed by atoms with Crippen LogP contribution in [-0.2, 0) is 54.7 Å². The normalized spacial score (nSPS) is 18.2. The highest BCUT2D eigenvalue weighted by Crippen LogP contribution is 2.56. The van der Waals surface area contributed by atoms with Crippen LogP contribution in [0.25, 0.3) is 0 Å². The average Bonchev–Trinajstić information content (AvgIpc) is 3.91. The van der Waals surface area contributed by atoms with Crippen LogP contribution < -0.4 is 9.47 Å². The van der Waals surface area contributed by atoms with Crippen LogP contribution in [0.4, 0.5) is 0 Å². The molecule has 418 valence electrons. The van der Waals surface area contributed by atoms with Crippen LogP contribution >= 0.6 is 38.4 Å². The maximum absolute atomic E-state index is 13.3. The Morgan fingerprint density at radius 1 is 0.756 bits per heavy atom. The van der Waals surface area contributed by atoms with Crippen molar-refractivity contribution in [2.75, 3.05) is 25.9 Å². The summed E-state index contributed by atoms with van der Waals surface area (Å²) in [4.78, 5) is 18.0. The smallest absolute Gasteiger partial charge is 0.368 e. The second-order valence-electron chi connectivity index (χ2n) is 21.6. The van der Waals surface area contributed by atoms with E-state index in [0.717, 1.165) is 83.0 Å². The molecule has 3 aliphatic rings. The summed E-state index contributed by atoms with van der Waals surface area (Å²) in [7, 11) is -7.63. The monoisotopic (exact) mass is 1140 g/mol. The standard InChI is InChI=1S/C30H34ClO5P.C21H27O5P.C9H11ClO2.C2H2/c1-19-14-24(34-18-37(33)35-13-11-28(36-37)22-6-5-7-23(31)16-22)15-20(2)26(19)17-21-8-9-27(32)29-25(21)10-12-30(29,3)4;1-13-9-16(26-12-27(23,24)25)10-14(2)18(13)11-15-5-6-19(22)20-17(15)7-8-21(20,3)4;10-8-3-1-2-7(6-8)9(12)4-5-11;1-2/h5-9,14-16,28,32H,10-13,17-18H2,1-4H3;5-6,9-10,22H,7-8,11-12H2,1-4H3,(H2,23,24,25);1-3,6,9,11-12H,4-5H2;1-2H/i;;;1D. The van der Waals surface area contributed by atoms with E-state index in [-0.39, 0.29) is 29.9 Å². The summed E-state index contributed by atoms with van der Waals surface area (Å²) < 4.78 is 52.8. The quantitative estimate of drug-likeness (QED) is 0.0447. The maximum Gasteiger partial charge on any atom is 0.368 e. The van der Waals surface area contributed by atoms with E-state index in [0.29, 0.717) is 52.5 Å². The van der Waals surface area contributed by atoms with Crippen molar-refractivity contribution in [1.29, 1.82) is 0 Å². The van der Waals surface area contributed by atoms with Gasteiger partial charge >= 0.3 is 15.2 Å². The van der Waals surface area contributed by atoms with Gasteiger partial charge in [0.05, 0.1) is 18.8 Å². The van der Waals surface area contributed by atoms with Crippen LogP contribution in [0.2, 0.25) is 10.0 Å². The molecule has 6 N–H and O–H groups in total. The van der Waals surface area contributed by atoms with Crippen LogP contribution in [-0.4, -0.2) is 56.1 Å². The summed E-state index contributed by atoms with van der Waals surface area (Å²) in [6.45, 7) is 17.2. The minimum Gasteiger partial charge on any atom is -0.508 e. The molecule has 78 heavy (non-hydrogen) atoms. The number of aryl methyl sites for hydroxylation is 4. The Morgan fingerprint density at radius 2 is 1.23 bits per heavy atom. The Kier molecular flexibility index (Phi) is 20.5. The molecule has 0 bridgehead atoms. The minimum absolute atomic E-state index is 0.0103. The molecule has 6 aromatic rings. The lowest BCUT2D eigenvalue weighted by Crippen LogP contribution is -2.17. The lowest BCUT2D eigenvalue weighted by atomic mass is 9.84. The number of fused-ring (bicyclic) bond motifs is 2. The summed E-state index contributed by atoms with van der Waals surface area (Å²) >= 11 is 11.8. The zero-order chi connectivity index (χ0) is 58.0. The number of ether oxygens (including phenoxy) is 2. The van der Waals surface area contributed by atoms with Crippen LogP contribution in [0.15, 0.2) is 97.1 Å². The minimum atomic E-state index is -4.20. The molecule has 1 saturated heterocycles. The number of hydrogen-bond acceptors (Lipinski definition) is 10. The number of aliphatic hydroxyl groups is 2. The largest absolute Gasteiger partial charge is 0.508 e. The molecule has 1 fully saturated rings. The summed E-state index contributed by atoms with van der Waals surface area (Å²) in [6.07, 6.45) is 10.6. The van der Waals surface area contributed by atoms with Crippen LogP contribution in [0, 0.1) is 40.5 Å². The molecule has 12 nitrogen and oxygen atoms in total. The first-order chi connectivity index (χ1) is 37.2. The van der Waals surface area contributed by atoms with E-state index in [1.807, 2.05) is 68.4 Å². The van der Waals surface area contributed by atoms with Crippen molar-refractivity contribution in [3.63, 3.8) is 0 Å². The number of aromatic hydroxyl groups is 2. The highest BCUT2D eigenvalue weighted by Gasteiger charge is 2.37. The van der Waals surface area contributed by atoms with Gasteiger partial charge in [0.25, 0.3) is 0 Å². The first-order valence-corrected chi connectivity index (χ1v) is 30.2. The number of terminal acetylenes is 1. The van der Waals surface area contributed by atoms with E-state index in [2.05, 4.69) is 54.0 Å². The highest BCUT2D eigenvalue weighted by molar-refractivity contribution is 7.53. The van der Waals surface area contributed by atoms with Crippen molar-refractivity contribution in [1.82, 2.24) is 0 Å². The predicted octanol–water partition coefficient (Wildman–Crippen LogP) is 14.5. The Balaban J connectivity index is 0.000000209. The van der Waals surface area contributed by atoms with Gasteiger partial charge in [0, 0.05) is 40.6 Å². The lowest BCUT2D eigenvalue weighted by molar-refractivity contribution is 0.0725. The Labute approximate surface area is 471 Å². The fraction of sp³-hybridized carbons (Fsp3) is 0.387. The van der Waals surface area contributed by atoms with E-state index < -0.39 is 27.6 Å². The molecule has 0 radical (unpaired) electrons. The third kappa shape index (κ3) is 15.8. The van der Waals surface area contributed by atoms with Gasteiger partial charge in [0.15, 0.2) is 12.7 Å². The van der Waals surface area contributed by atoms with Crippen molar-refractivity contribution >= 4 is 38.4 Å². The summed E-state index contributed by atoms with van der Waals surface area (Å²) in [6, 6.07) is 29.7. The molecular formula is C62H74Cl2O12P2. The molecule has 1 heterocycles.